The van der Waals surface area contributed by atoms with E-state index in [0.717, 1.165) is 12.2 Å². The van der Waals surface area contributed by atoms with Crippen LogP contribution in [0, 0.1) is 0 Å². The summed E-state index contributed by atoms with van der Waals surface area (Å²) in [5.41, 5.74) is 7.02. The molecule has 0 bridgehead atoms. The van der Waals surface area contributed by atoms with E-state index in [0.29, 0.717) is 11.4 Å². The molecule has 3 N–H and O–H groups in total. The molecule has 0 aliphatic heterocycles. The number of imidazole rings is 1. The van der Waals surface area contributed by atoms with Gasteiger partial charge in [-0.3, -0.25) is 4.79 Å². The third-order valence-electron chi connectivity index (χ3n) is 3.02. The van der Waals surface area contributed by atoms with Crippen molar-refractivity contribution in [2.45, 2.75) is 26.3 Å². The van der Waals surface area contributed by atoms with E-state index in [1.165, 1.54) is 0 Å². The second-order valence-electron chi connectivity index (χ2n) is 4.39. The number of hydrogen-bond donors (Lipinski definition) is 2. The van der Waals surface area contributed by atoms with Crippen LogP contribution in [0.2, 0.25) is 0 Å². The first-order valence-electron chi connectivity index (χ1n) is 6.30. The van der Waals surface area contributed by atoms with Crippen molar-refractivity contribution in [3.63, 3.8) is 0 Å². The molecule has 2 aromatic rings. The highest BCUT2D eigenvalue weighted by Gasteiger charge is 2.17. The van der Waals surface area contributed by atoms with Crippen LogP contribution in [0.4, 0.5) is 11.4 Å². The van der Waals surface area contributed by atoms with Gasteiger partial charge in [0.1, 0.15) is 11.9 Å². The van der Waals surface area contributed by atoms with E-state index in [1.54, 1.807) is 18.3 Å². The predicted octanol–water partition coefficient (Wildman–Crippen LogP) is 2.23. The zero-order valence-corrected chi connectivity index (χ0v) is 11.1. The normalized spacial score (nSPS) is 12.1. The molecule has 2 rings (SSSR count). The van der Waals surface area contributed by atoms with E-state index in [9.17, 15) is 4.79 Å². The molecule has 5 heteroatoms. The van der Waals surface area contributed by atoms with Gasteiger partial charge in [0.25, 0.3) is 0 Å². The lowest BCUT2D eigenvalue weighted by Gasteiger charge is -2.16. The number of amides is 1. The Hall–Kier alpha value is -2.30. The van der Waals surface area contributed by atoms with Gasteiger partial charge in [0.2, 0.25) is 5.91 Å². The van der Waals surface area contributed by atoms with E-state index < -0.39 is 0 Å². The van der Waals surface area contributed by atoms with Gasteiger partial charge in [-0.25, -0.2) is 4.98 Å². The van der Waals surface area contributed by atoms with Crippen molar-refractivity contribution in [2.75, 3.05) is 11.1 Å². The predicted molar refractivity (Wildman–Crippen MR) is 75.8 cm³/mol. The maximum atomic E-state index is 12.2. The van der Waals surface area contributed by atoms with Crippen molar-refractivity contribution in [2.24, 2.45) is 0 Å². The van der Waals surface area contributed by atoms with Gasteiger partial charge in [0, 0.05) is 30.2 Å². The van der Waals surface area contributed by atoms with Gasteiger partial charge in [-0.15, -0.1) is 0 Å². The molecular formula is C14H18N4O. The minimum absolute atomic E-state index is 0.0849. The maximum absolute atomic E-state index is 12.2. The second-order valence-corrected chi connectivity index (χ2v) is 4.39. The van der Waals surface area contributed by atoms with Gasteiger partial charge in [0.05, 0.1) is 0 Å². The minimum Gasteiger partial charge on any atom is -0.399 e. The zero-order chi connectivity index (χ0) is 13.8. The molecule has 0 saturated heterocycles. The first kappa shape index (κ1) is 13.1. The molecule has 100 valence electrons. The van der Waals surface area contributed by atoms with Crippen LogP contribution in [-0.4, -0.2) is 15.5 Å². The Morgan fingerprint density at radius 3 is 3.00 bits per heavy atom. The monoisotopic (exact) mass is 258 g/mol. The number of aromatic nitrogens is 2. The standard InChI is InChI=1S/C14H18N4O/c1-3-13-16-7-8-18(13)10(2)14(19)17-12-6-4-5-11(15)9-12/h4-10H,3,15H2,1-2H3,(H,17,19). The number of nitrogen functional groups attached to an aromatic ring is 1. The molecule has 1 aromatic heterocycles. The van der Waals surface area contributed by atoms with Crippen LogP contribution in [0.3, 0.4) is 0 Å². The lowest BCUT2D eigenvalue weighted by atomic mass is 10.2. The van der Waals surface area contributed by atoms with E-state index in [4.69, 9.17) is 5.73 Å². The summed E-state index contributed by atoms with van der Waals surface area (Å²) in [6.07, 6.45) is 4.33. The van der Waals surface area contributed by atoms with Crippen molar-refractivity contribution < 1.29 is 4.79 Å². The number of nitrogens with one attached hydrogen (secondary N) is 1. The highest BCUT2D eigenvalue weighted by Crippen LogP contribution is 2.16. The SMILES string of the molecule is CCc1nccn1C(C)C(=O)Nc1cccc(N)c1. The summed E-state index contributed by atoms with van der Waals surface area (Å²) < 4.78 is 1.88. The fraction of sp³-hybridized carbons (Fsp3) is 0.286. The molecule has 0 spiro atoms. The van der Waals surface area contributed by atoms with E-state index >= 15 is 0 Å². The Balaban J connectivity index is 2.12. The average Bonchev–Trinajstić information content (AvgIpc) is 2.86. The van der Waals surface area contributed by atoms with E-state index in [2.05, 4.69) is 10.3 Å². The Morgan fingerprint density at radius 1 is 1.53 bits per heavy atom. The smallest absolute Gasteiger partial charge is 0.247 e. The summed E-state index contributed by atoms with van der Waals surface area (Å²) in [4.78, 5) is 16.4. The molecule has 1 heterocycles. The fourth-order valence-corrected chi connectivity index (χ4v) is 1.96. The number of benzene rings is 1. The Morgan fingerprint density at radius 2 is 2.32 bits per heavy atom. The van der Waals surface area contributed by atoms with Crippen LogP contribution in [0.15, 0.2) is 36.7 Å². The number of hydrogen-bond acceptors (Lipinski definition) is 3. The number of carbonyl (C=O) groups excluding carboxylic acids is 1. The Kier molecular flexibility index (Phi) is 3.85. The molecule has 1 aromatic carbocycles. The van der Waals surface area contributed by atoms with Gasteiger partial charge >= 0.3 is 0 Å². The summed E-state index contributed by atoms with van der Waals surface area (Å²) in [5, 5.41) is 2.85. The average molecular weight is 258 g/mol. The van der Waals surface area contributed by atoms with Crippen LogP contribution in [0.5, 0.6) is 0 Å². The van der Waals surface area contributed by atoms with Crippen molar-refractivity contribution in [1.82, 2.24) is 9.55 Å². The third kappa shape index (κ3) is 2.93. The molecule has 0 radical (unpaired) electrons. The highest BCUT2D eigenvalue weighted by atomic mass is 16.2. The minimum atomic E-state index is -0.307. The molecule has 0 saturated carbocycles. The molecule has 1 unspecified atom stereocenters. The molecule has 1 atom stereocenters. The van der Waals surface area contributed by atoms with Crippen LogP contribution in [0.25, 0.3) is 0 Å². The third-order valence-corrected chi connectivity index (χ3v) is 3.02. The summed E-state index contributed by atoms with van der Waals surface area (Å²) in [6, 6.07) is 6.84. The van der Waals surface area contributed by atoms with Crippen LogP contribution >= 0.6 is 0 Å². The molecule has 5 nitrogen and oxygen atoms in total. The summed E-state index contributed by atoms with van der Waals surface area (Å²) in [7, 11) is 0. The number of rotatable bonds is 4. The van der Waals surface area contributed by atoms with Gasteiger partial charge in [-0.1, -0.05) is 13.0 Å². The van der Waals surface area contributed by atoms with Gasteiger partial charge in [0.15, 0.2) is 0 Å². The molecule has 0 aliphatic carbocycles. The quantitative estimate of drug-likeness (QED) is 0.826. The topological polar surface area (TPSA) is 72.9 Å². The summed E-state index contributed by atoms with van der Waals surface area (Å²) in [5.74, 6) is 0.813. The number of anilines is 2. The van der Waals surface area contributed by atoms with E-state index in [1.807, 2.05) is 36.7 Å². The van der Waals surface area contributed by atoms with Crippen molar-refractivity contribution in [3.05, 3.63) is 42.5 Å². The van der Waals surface area contributed by atoms with E-state index in [-0.39, 0.29) is 11.9 Å². The molecule has 19 heavy (non-hydrogen) atoms. The second kappa shape index (κ2) is 5.56. The largest absolute Gasteiger partial charge is 0.399 e. The first-order valence-corrected chi connectivity index (χ1v) is 6.30. The van der Waals surface area contributed by atoms with Crippen LogP contribution < -0.4 is 11.1 Å². The highest BCUT2D eigenvalue weighted by molar-refractivity contribution is 5.93. The van der Waals surface area contributed by atoms with Crippen molar-refractivity contribution in [3.8, 4) is 0 Å². The zero-order valence-electron chi connectivity index (χ0n) is 11.1. The first-order chi connectivity index (χ1) is 9.11. The summed E-state index contributed by atoms with van der Waals surface area (Å²) in [6.45, 7) is 3.86. The number of carbonyl (C=O) groups is 1. The van der Waals surface area contributed by atoms with Crippen molar-refractivity contribution >= 4 is 17.3 Å². The Bertz CT molecular complexity index is 576. The fourth-order valence-electron chi connectivity index (χ4n) is 1.96. The Labute approximate surface area is 112 Å². The van der Waals surface area contributed by atoms with Gasteiger partial charge < -0.3 is 15.6 Å². The van der Waals surface area contributed by atoms with Crippen LogP contribution in [0.1, 0.15) is 25.7 Å². The lowest BCUT2D eigenvalue weighted by Crippen LogP contribution is -2.24. The van der Waals surface area contributed by atoms with Crippen LogP contribution in [-0.2, 0) is 11.2 Å². The molecule has 0 aliphatic rings. The maximum Gasteiger partial charge on any atom is 0.247 e. The van der Waals surface area contributed by atoms with Crippen molar-refractivity contribution in [1.29, 1.82) is 0 Å². The van der Waals surface area contributed by atoms with Gasteiger partial charge in [-0.2, -0.15) is 0 Å². The van der Waals surface area contributed by atoms with Gasteiger partial charge in [-0.05, 0) is 25.1 Å². The molecule has 1 amide bonds. The number of nitrogens with two attached hydrogens (primary N) is 1. The summed E-state index contributed by atoms with van der Waals surface area (Å²) >= 11 is 0. The number of nitrogens with zero attached hydrogens (tertiary/aromatic N) is 2. The number of aryl methyl sites for hydroxylation is 1. The lowest BCUT2D eigenvalue weighted by molar-refractivity contribution is -0.118. The molecule has 0 fully saturated rings. The molecular weight excluding hydrogens is 240 g/mol.